The molecule has 1 aliphatic heterocycles. The van der Waals surface area contributed by atoms with Gasteiger partial charge in [0.15, 0.2) is 23.7 Å². The SMILES string of the molecule is NC(=O)c1ccc(-c2cnn([C@H](CN3CCCC3=O)c3ccc(-c4c(-n5cc(C(F)(F)F)nn5)ccc(Cl)c4F)c[n+]3[O-])c2)cc1F. The second-order valence-electron chi connectivity index (χ2n) is 10.7. The minimum Gasteiger partial charge on any atom is -0.618 e. The summed E-state index contributed by atoms with van der Waals surface area (Å²) in [7, 11) is 0. The van der Waals surface area contributed by atoms with Gasteiger partial charge in [-0.25, -0.2) is 13.5 Å². The molecule has 1 atom stereocenters. The lowest BCUT2D eigenvalue weighted by atomic mass is 10.0. The number of nitrogens with two attached hydrogens (primary N) is 1. The van der Waals surface area contributed by atoms with Crippen molar-refractivity contribution in [2.45, 2.75) is 25.1 Å². The van der Waals surface area contributed by atoms with Gasteiger partial charge >= 0.3 is 6.18 Å². The van der Waals surface area contributed by atoms with E-state index in [0.29, 0.717) is 41.4 Å². The molecule has 0 bridgehead atoms. The van der Waals surface area contributed by atoms with E-state index in [1.807, 2.05) is 0 Å². The zero-order chi connectivity index (χ0) is 33.6. The lowest BCUT2D eigenvalue weighted by molar-refractivity contribution is -0.615. The number of amides is 2. The molecule has 0 aliphatic carbocycles. The summed E-state index contributed by atoms with van der Waals surface area (Å²) in [5, 5.41) is 24.2. The number of aromatic nitrogens is 6. The summed E-state index contributed by atoms with van der Waals surface area (Å²) in [6.45, 7) is 0.474. The number of benzene rings is 2. The van der Waals surface area contributed by atoms with Gasteiger partial charge in [-0.3, -0.25) is 14.3 Å². The molecule has 47 heavy (non-hydrogen) atoms. The lowest BCUT2D eigenvalue weighted by Crippen LogP contribution is -2.40. The molecule has 0 unspecified atom stereocenters. The molecule has 2 aromatic carbocycles. The van der Waals surface area contributed by atoms with Crippen molar-refractivity contribution in [1.82, 2.24) is 29.7 Å². The maximum atomic E-state index is 15.5. The van der Waals surface area contributed by atoms with Gasteiger partial charge in [-0.15, -0.1) is 5.10 Å². The normalized spacial score (nSPS) is 14.2. The van der Waals surface area contributed by atoms with Crippen LogP contribution in [0.15, 0.2) is 67.3 Å². The predicted octanol–water partition coefficient (Wildman–Crippen LogP) is 4.69. The van der Waals surface area contributed by atoms with Crippen LogP contribution in [0.25, 0.3) is 27.9 Å². The summed E-state index contributed by atoms with van der Waals surface area (Å²) in [4.78, 5) is 25.6. The Morgan fingerprint density at radius 2 is 1.85 bits per heavy atom. The zero-order valence-electron chi connectivity index (χ0n) is 24.0. The molecule has 242 valence electrons. The number of hydrogen-bond donors (Lipinski definition) is 1. The van der Waals surface area contributed by atoms with Crippen LogP contribution in [0.3, 0.4) is 0 Å². The molecule has 2 N–H and O–H groups in total. The molecular formula is C30H22ClF5N8O3. The largest absolute Gasteiger partial charge is 0.618 e. The van der Waals surface area contributed by atoms with Crippen LogP contribution in [0.2, 0.25) is 5.02 Å². The van der Waals surface area contributed by atoms with Gasteiger partial charge in [0.05, 0.1) is 46.3 Å². The third kappa shape index (κ3) is 6.10. The molecule has 0 spiro atoms. The third-order valence-electron chi connectivity index (χ3n) is 7.73. The summed E-state index contributed by atoms with van der Waals surface area (Å²) in [5.41, 5.74) is 3.99. The van der Waals surface area contributed by atoms with Crippen molar-refractivity contribution in [3.8, 4) is 27.9 Å². The van der Waals surface area contributed by atoms with Crippen LogP contribution in [0.4, 0.5) is 22.0 Å². The number of carbonyl (C=O) groups excluding carboxylic acids is 2. The maximum Gasteiger partial charge on any atom is 0.436 e. The molecule has 0 radical (unpaired) electrons. The Labute approximate surface area is 267 Å². The Kier molecular flexibility index (Phi) is 8.13. The number of pyridine rings is 1. The van der Waals surface area contributed by atoms with Crippen molar-refractivity contribution >= 4 is 23.4 Å². The van der Waals surface area contributed by atoms with Crippen molar-refractivity contribution in [2.75, 3.05) is 13.1 Å². The fraction of sp³-hybridized carbons (Fsp3) is 0.200. The summed E-state index contributed by atoms with van der Waals surface area (Å²) in [6.07, 6.45) is 0.703. The highest BCUT2D eigenvalue weighted by atomic mass is 35.5. The number of carbonyl (C=O) groups is 2. The van der Waals surface area contributed by atoms with Gasteiger partial charge in [0.1, 0.15) is 5.82 Å². The number of hydrogen-bond acceptors (Lipinski definition) is 6. The van der Waals surface area contributed by atoms with E-state index >= 15 is 4.39 Å². The monoisotopic (exact) mass is 672 g/mol. The van der Waals surface area contributed by atoms with Crippen LogP contribution in [0.1, 0.15) is 40.6 Å². The number of rotatable bonds is 8. The fourth-order valence-corrected chi connectivity index (χ4v) is 5.54. The van der Waals surface area contributed by atoms with Crippen LogP contribution in [-0.2, 0) is 11.0 Å². The minimum absolute atomic E-state index is 0.0342. The van der Waals surface area contributed by atoms with Gasteiger partial charge in [0, 0.05) is 30.8 Å². The second-order valence-corrected chi connectivity index (χ2v) is 11.1. The highest BCUT2D eigenvalue weighted by molar-refractivity contribution is 6.31. The molecule has 2 amide bonds. The van der Waals surface area contributed by atoms with E-state index < -0.39 is 35.5 Å². The smallest absolute Gasteiger partial charge is 0.436 e. The van der Waals surface area contributed by atoms with Crippen LogP contribution in [-0.4, -0.2) is 54.6 Å². The molecular weight excluding hydrogens is 651 g/mol. The Morgan fingerprint density at radius 1 is 1.09 bits per heavy atom. The van der Waals surface area contributed by atoms with E-state index in [1.54, 1.807) is 4.90 Å². The first-order valence-corrected chi connectivity index (χ1v) is 14.3. The van der Waals surface area contributed by atoms with E-state index in [1.165, 1.54) is 47.4 Å². The summed E-state index contributed by atoms with van der Waals surface area (Å²) >= 11 is 6.02. The Hall–Kier alpha value is -5.38. The van der Waals surface area contributed by atoms with Crippen molar-refractivity contribution in [3.05, 3.63) is 106 Å². The fourth-order valence-electron chi connectivity index (χ4n) is 5.39. The molecule has 0 saturated carbocycles. The summed E-state index contributed by atoms with van der Waals surface area (Å²) < 4.78 is 72.2. The molecule has 1 aliphatic rings. The number of primary amides is 1. The average molecular weight is 673 g/mol. The maximum absolute atomic E-state index is 15.5. The molecule has 11 nitrogen and oxygen atoms in total. The number of halogens is 6. The molecule has 6 rings (SSSR count). The zero-order valence-corrected chi connectivity index (χ0v) is 24.7. The van der Waals surface area contributed by atoms with Crippen molar-refractivity contribution < 1.29 is 36.3 Å². The van der Waals surface area contributed by atoms with Gasteiger partial charge in [-0.2, -0.15) is 23.0 Å². The molecule has 3 aromatic heterocycles. The van der Waals surface area contributed by atoms with E-state index in [0.717, 1.165) is 23.0 Å². The highest BCUT2D eigenvalue weighted by Gasteiger charge is 2.35. The summed E-state index contributed by atoms with van der Waals surface area (Å²) in [6, 6.07) is 8.10. The Balaban J connectivity index is 1.41. The van der Waals surface area contributed by atoms with Gasteiger partial charge < -0.3 is 15.8 Å². The third-order valence-corrected chi connectivity index (χ3v) is 8.02. The lowest BCUT2D eigenvalue weighted by Gasteiger charge is -2.23. The average Bonchev–Trinajstić information content (AvgIpc) is 3.79. The van der Waals surface area contributed by atoms with E-state index in [9.17, 15) is 32.4 Å². The van der Waals surface area contributed by atoms with Crippen LogP contribution in [0, 0.1) is 16.8 Å². The van der Waals surface area contributed by atoms with Crippen LogP contribution >= 0.6 is 11.6 Å². The standard InChI is InChI=1S/C30H22ClF5N8O3/c31-20-6-8-23(43-15-25(39-40-43)30(34,35)36)27(28(20)33)17-4-7-22(44(47)13-17)24(14-41-9-1-2-26(41)45)42-12-18(11-38-42)16-3-5-19(29(37)46)21(32)10-16/h3-8,10-13,15,24H,1-2,9,14H2,(H2,37,46)/t24-/m1/s1. The molecule has 1 fully saturated rings. The minimum atomic E-state index is -4.80. The first kappa shape index (κ1) is 31.6. The molecule has 5 aromatic rings. The van der Waals surface area contributed by atoms with Gasteiger partial charge in [-0.05, 0) is 42.3 Å². The van der Waals surface area contributed by atoms with E-state index in [-0.39, 0.29) is 45.5 Å². The molecule has 1 saturated heterocycles. The van der Waals surface area contributed by atoms with Gasteiger partial charge in [0.2, 0.25) is 11.6 Å². The molecule has 4 heterocycles. The Morgan fingerprint density at radius 3 is 2.49 bits per heavy atom. The highest BCUT2D eigenvalue weighted by Crippen LogP contribution is 2.35. The van der Waals surface area contributed by atoms with E-state index in [2.05, 4.69) is 15.4 Å². The number of alkyl halides is 3. The number of nitrogens with zero attached hydrogens (tertiary/aromatic N) is 7. The quantitative estimate of drug-likeness (QED) is 0.144. The van der Waals surface area contributed by atoms with Crippen LogP contribution < -0.4 is 10.5 Å². The van der Waals surface area contributed by atoms with Crippen molar-refractivity contribution in [1.29, 1.82) is 0 Å². The first-order chi connectivity index (χ1) is 22.3. The Bertz CT molecular complexity index is 2030. The van der Waals surface area contributed by atoms with Crippen LogP contribution in [0.5, 0.6) is 0 Å². The van der Waals surface area contributed by atoms with Gasteiger partial charge in [0.25, 0.3) is 5.91 Å². The van der Waals surface area contributed by atoms with Crippen molar-refractivity contribution in [3.63, 3.8) is 0 Å². The second kappa shape index (κ2) is 12.1. The summed E-state index contributed by atoms with van der Waals surface area (Å²) in [5.74, 6) is -2.90. The number of likely N-dealkylation sites (tertiary alicyclic amines) is 1. The van der Waals surface area contributed by atoms with Crippen molar-refractivity contribution in [2.24, 2.45) is 5.73 Å². The molecule has 17 heteroatoms. The predicted molar refractivity (Wildman–Crippen MR) is 156 cm³/mol. The topological polar surface area (TPSA) is 139 Å². The first-order valence-electron chi connectivity index (χ1n) is 13.9. The van der Waals surface area contributed by atoms with Gasteiger partial charge in [-0.1, -0.05) is 22.9 Å². The van der Waals surface area contributed by atoms with E-state index in [4.69, 9.17) is 17.3 Å².